The molecule has 0 saturated carbocycles. The number of rotatable bonds is 5. The van der Waals surface area contributed by atoms with Crippen LogP contribution in [0.3, 0.4) is 0 Å². The van der Waals surface area contributed by atoms with Gasteiger partial charge in [-0.05, 0) is 42.5 Å². The second-order valence-electron chi connectivity index (χ2n) is 6.27. The quantitative estimate of drug-likeness (QED) is 0.641. The summed E-state index contributed by atoms with van der Waals surface area (Å²) in [7, 11) is -7.54. The van der Waals surface area contributed by atoms with Gasteiger partial charge in [0.05, 0.1) is 40.4 Å². The van der Waals surface area contributed by atoms with Crippen molar-refractivity contribution in [1.29, 1.82) is 0 Å². The molecule has 3 aromatic rings. The average molecular weight is 422 g/mol. The molecule has 28 heavy (non-hydrogen) atoms. The van der Waals surface area contributed by atoms with Crippen LogP contribution in [0.4, 0.5) is 5.69 Å². The van der Waals surface area contributed by atoms with Crippen LogP contribution in [-0.4, -0.2) is 57.6 Å². The first-order chi connectivity index (χ1) is 13.4. The molecule has 4 rings (SSSR count). The molecule has 1 fully saturated rings. The maximum Gasteiger partial charge on any atom is 0.261 e. The van der Waals surface area contributed by atoms with E-state index in [1.54, 1.807) is 24.4 Å². The Morgan fingerprint density at radius 1 is 0.964 bits per heavy atom. The zero-order valence-electron chi connectivity index (χ0n) is 14.7. The van der Waals surface area contributed by atoms with E-state index in [1.165, 1.54) is 28.6 Å². The van der Waals surface area contributed by atoms with E-state index >= 15 is 0 Å². The third-order valence-electron chi connectivity index (χ3n) is 4.44. The number of aromatic amines is 1. The van der Waals surface area contributed by atoms with Crippen molar-refractivity contribution in [2.75, 3.05) is 31.0 Å². The van der Waals surface area contributed by atoms with Crippen molar-refractivity contribution in [3.63, 3.8) is 0 Å². The van der Waals surface area contributed by atoms with E-state index in [1.807, 2.05) is 0 Å². The Bertz CT molecular complexity index is 1200. The van der Waals surface area contributed by atoms with Gasteiger partial charge in [-0.1, -0.05) is 0 Å². The number of morpholine rings is 1. The Hall–Kier alpha value is -2.47. The topological polar surface area (TPSA) is 121 Å². The van der Waals surface area contributed by atoms with Gasteiger partial charge in [0.25, 0.3) is 10.0 Å². The Balaban J connectivity index is 1.56. The molecule has 1 aliphatic rings. The summed E-state index contributed by atoms with van der Waals surface area (Å²) < 4.78 is 59.5. The van der Waals surface area contributed by atoms with E-state index in [9.17, 15) is 16.8 Å². The Labute approximate surface area is 162 Å². The summed E-state index contributed by atoms with van der Waals surface area (Å²) in [6.45, 7) is 1.24. The van der Waals surface area contributed by atoms with Crippen molar-refractivity contribution in [2.45, 2.75) is 9.79 Å². The number of nitrogens with zero attached hydrogens (tertiary/aromatic N) is 2. The fourth-order valence-electron chi connectivity index (χ4n) is 2.94. The van der Waals surface area contributed by atoms with E-state index in [-0.39, 0.29) is 22.9 Å². The molecule has 2 heterocycles. The predicted molar refractivity (Wildman–Crippen MR) is 103 cm³/mol. The maximum atomic E-state index is 12.6. The zero-order valence-corrected chi connectivity index (χ0v) is 16.3. The molecule has 2 aromatic carbocycles. The molecule has 0 bridgehead atoms. The number of ether oxygens (including phenoxy) is 1. The normalized spacial score (nSPS) is 16.3. The van der Waals surface area contributed by atoms with Gasteiger partial charge in [-0.2, -0.15) is 9.40 Å². The summed E-state index contributed by atoms with van der Waals surface area (Å²) in [5.74, 6) is 0. The van der Waals surface area contributed by atoms with E-state index < -0.39 is 20.0 Å². The van der Waals surface area contributed by atoms with E-state index in [0.717, 1.165) is 5.39 Å². The van der Waals surface area contributed by atoms with Gasteiger partial charge < -0.3 is 4.74 Å². The monoisotopic (exact) mass is 422 g/mol. The van der Waals surface area contributed by atoms with Crippen LogP contribution in [-0.2, 0) is 24.8 Å². The average Bonchev–Trinajstić information content (AvgIpc) is 3.16. The van der Waals surface area contributed by atoms with Gasteiger partial charge in [0.15, 0.2) is 0 Å². The molecule has 9 nitrogen and oxygen atoms in total. The highest BCUT2D eigenvalue weighted by Crippen LogP contribution is 2.23. The highest BCUT2D eigenvalue weighted by atomic mass is 32.2. The number of aromatic nitrogens is 2. The number of hydrogen-bond acceptors (Lipinski definition) is 6. The first-order valence-corrected chi connectivity index (χ1v) is 11.4. The van der Waals surface area contributed by atoms with Gasteiger partial charge in [-0.25, -0.2) is 16.8 Å². The number of hydrogen-bond donors (Lipinski definition) is 2. The van der Waals surface area contributed by atoms with Gasteiger partial charge >= 0.3 is 0 Å². The standard InChI is InChI=1S/C17H18N4O5S2/c22-27(23,20-14-2-1-13-12-18-19-17(13)11-14)15-3-5-16(6-4-15)28(24,25)21-7-9-26-10-8-21/h1-6,11-12,20H,7-10H2,(H,18,19). The van der Waals surface area contributed by atoms with Gasteiger partial charge in [-0.3, -0.25) is 9.82 Å². The van der Waals surface area contributed by atoms with Crippen LogP contribution in [0.1, 0.15) is 0 Å². The minimum absolute atomic E-state index is 0.0295. The molecule has 0 aliphatic carbocycles. The minimum Gasteiger partial charge on any atom is -0.379 e. The minimum atomic E-state index is -3.86. The van der Waals surface area contributed by atoms with E-state index in [2.05, 4.69) is 14.9 Å². The van der Waals surface area contributed by atoms with Gasteiger partial charge in [0, 0.05) is 18.5 Å². The van der Waals surface area contributed by atoms with Crippen LogP contribution in [0.15, 0.2) is 58.5 Å². The van der Waals surface area contributed by atoms with Crippen molar-refractivity contribution in [3.8, 4) is 0 Å². The number of benzene rings is 2. The number of H-pyrrole nitrogens is 1. The second-order valence-corrected chi connectivity index (χ2v) is 9.89. The van der Waals surface area contributed by atoms with Gasteiger partial charge in [-0.15, -0.1) is 0 Å². The summed E-state index contributed by atoms with van der Waals surface area (Å²) in [5, 5.41) is 7.53. The molecule has 1 aliphatic heterocycles. The third-order valence-corrected chi connectivity index (χ3v) is 7.75. The molecular formula is C17H18N4O5S2. The van der Waals surface area contributed by atoms with Gasteiger partial charge in [0.2, 0.25) is 10.0 Å². The van der Waals surface area contributed by atoms with E-state index in [4.69, 9.17) is 4.74 Å². The first kappa shape index (κ1) is 18.9. The van der Waals surface area contributed by atoms with Crippen LogP contribution < -0.4 is 4.72 Å². The lowest BCUT2D eigenvalue weighted by Crippen LogP contribution is -2.40. The van der Waals surface area contributed by atoms with Crippen LogP contribution >= 0.6 is 0 Å². The van der Waals surface area contributed by atoms with Crippen LogP contribution in [0.5, 0.6) is 0 Å². The summed E-state index contributed by atoms with van der Waals surface area (Å²) in [5.41, 5.74) is 1.08. The lowest BCUT2D eigenvalue weighted by Gasteiger charge is -2.26. The smallest absolute Gasteiger partial charge is 0.261 e. The highest BCUT2D eigenvalue weighted by Gasteiger charge is 2.26. The predicted octanol–water partition coefficient (Wildman–Crippen LogP) is 1.38. The molecule has 11 heteroatoms. The van der Waals surface area contributed by atoms with Crippen LogP contribution in [0.2, 0.25) is 0 Å². The fourth-order valence-corrected chi connectivity index (χ4v) is 5.40. The molecule has 0 unspecified atom stereocenters. The molecular weight excluding hydrogens is 404 g/mol. The Morgan fingerprint density at radius 2 is 1.64 bits per heavy atom. The Morgan fingerprint density at radius 3 is 2.36 bits per heavy atom. The van der Waals surface area contributed by atoms with Gasteiger partial charge in [0.1, 0.15) is 0 Å². The molecule has 1 aromatic heterocycles. The van der Waals surface area contributed by atoms with Crippen molar-refractivity contribution < 1.29 is 21.6 Å². The molecule has 0 spiro atoms. The second kappa shape index (κ2) is 7.17. The summed E-state index contributed by atoms with van der Waals surface area (Å²) in [6, 6.07) is 10.2. The largest absolute Gasteiger partial charge is 0.379 e. The zero-order chi connectivity index (χ0) is 19.8. The number of anilines is 1. The van der Waals surface area contributed by atoms with Crippen LogP contribution in [0.25, 0.3) is 10.9 Å². The van der Waals surface area contributed by atoms with Crippen LogP contribution in [0, 0.1) is 0 Å². The Kier molecular flexibility index (Phi) is 4.83. The molecule has 1 saturated heterocycles. The van der Waals surface area contributed by atoms with Crippen molar-refractivity contribution >= 4 is 36.6 Å². The summed E-state index contributed by atoms with van der Waals surface area (Å²) in [6.07, 6.45) is 1.64. The highest BCUT2D eigenvalue weighted by molar-refractivity contribution is 7.92. The number of nitrogens with one attached hydrogen (secondary N) is 2. The lowest BCUT2D eigenvalue weighted by atomic mass is 10.2. The van der Waals surface area contributed by atoms with Crippen molar-refractivity contribution in [2.24, 2.45) is 0 Å². The lowest BCUT2D eigenvalue weighted by molar-refractivity contribution is 0.0730. The summed E-state index contributed by atoms with van der Waals surface area (Å²) in [4.78, 5) is 0.0189. The SMILES string of the molecule is O=S(=O)(Nc1ccc2cn[nH]c2c1)c1ccc(S(=O)(=O)N2CCOCC2)cc1. The molecule has 0 atom stereocenters. The number of sulfonamides is 2. The summed E-state index contributed by atoms with van der Waals surface area (Å²) >= 11 is 0. The fraction of sp³-hybridized carbons (Fsp3) is 0.235. The first-order valence-electron chi connectivity index (χ1n) is 8.50. The third kappa shape index (κ3) is 3.61. The number of fused-ring (bicyclic) bond motifs is 1. The van der Waals surface area contributed by atoms with Crippen molar-refractivity contribution in [3.05, 3.63) is 48.7 Å². The van der Waals surface area contributed by atoms with E-state index in [0.29, 0.717) is 24.4 Å². The molecule has 0 amide bonds. The maximum absolute atomic E-state index is 12.6. The molecule has 0 radical (unpaired) electrons. The molecule has 2 N–H and O–H groups in total. The van der Waals surface area contributed by atoms with Crippen molar-refractivity contribution in [1.82, 2.24) is 14.5 Å². The molecule has 148 valence electrons.